The Balaban J connectivity index is 2.75. The molecule has 0 aliphatic heterocycles. The van der Waals surface area contributed by atoms with Crippen molar-refractivity contribution in [2.45, 2.75) is 51.7 Å². The van der Waals surface area contributed by atoms with Gasteiger partial charge in [-0.05, 0) is 26.7 Å². The minimum Gasteiger partial charge on any atom is -0.482 e. The third-order valence-electron chi connectivity index (χ3n) is 3.03. The van der Waals surface area contributed by atoms with Gasteiger partial charge in [-0.1, -0.05) is 0 Å². The lowest BCUT2D eigenvalue weighted by atomic mass is 10.0. The van der Waals surface area contributed by atoms with E-state index in [1.54, 1.807) is 13.8 Å². The first kappa shape index (κ1) is 16.3. The van der Waals surface area contributed by atoms with Crippen LogP contribution in [0.25, 0.3) is 0 Å². The Labute approximate surface area is 117 Å². The molecule has 0 saturated heterocycles. The predicted octanol–water partition coefficient (Wildman–Crippen LogP) is -0.438. The van der Waals surface area contributed by atoms with Crippen LogP contribution in [0, 0.1) is 0 Å². The van der Waals surface area contributed by atoms with Gasteiger partial charge in [0.2, 0.25) is 0 Å². The lowest BCUT2D eigenvalue weighted by Gasteiger charge is -2.25. The fourth-order valence-corrected chi connectivity index (χ4v) is 1.87. The van der Waals surface area contributed by atoms with Gasteiger partial charge in [0.1, 0.15) is 11.5 Å². The zero-order valence-electron chi connectivity index (χ0n) is 11.8. The summed E-state index contributed by atoms with van der Waals surface area (Å²) in [5, 5.41) is 0. The zero-order valence-corrected chi connectivity index (χ0v) is 11.8. The van der Waals surface area contributed by atoms with Crippen molar-refractivity contribution in [3.8, 4) is 0 Å². The molecule has 0 heterocycles. The summed E-state index contributed by atoms with van der Waals surface area (Å²) in [5.74, 6) is 10.4. The molecule has 0 bridgehead atoms. The van der Waals surface area contributed by atoms with E-state index in [0.29, 0.717) is 24.4 Å². The van der Waals surface area contributed by atoms with Gasteiger partial charge >= 0.3 is 0 Å². The molecular weight excluding hydrogens is 264 g/mol. The Hall–Kier alpha value is -1.80. The number of carbonyl (C=O) groups is 2. The van der Waals surface area contributed by atoms with E-state index in [2.05, 4.69) is 0 Å². The molecular formula is C12H22N4O4. The van der Waals surface area contributed by atoms with Crippen molar-refractivity contribution in [1.29, 1.82) is 0 Å². The molecule has 2 amide bonds. The molecule has 0 spiro atoms. The first-order valence-corrected chi connectivity index (χ1v) is 6.55. The summed E-state index contributed by atoms with van der Waals surface area (Å²) in [4.78, 5) is 22.7. The Morgan fingerprint density at radius 1 is 0.950 bits per heavy atom. The fraction of sp³-hybridized carbons (Fsp3) is 0.667. The third kappa shape index (κ3) is 4.39. The van der Waals surface area contributed by atoms with Crippen molar-refractivity contribution in [3.05, 3.63) is 11.5 Å². The van der Waals surface area contributed by atoms with Crippen LogP contribution in [-0.4, -0.2) is 24.0 Å². The number of amides is 2. The standard InChI is InChI=1S/C12H22N4O4/c1-7(11(17)15-13)19-9-5-3-4-6-10(9)20-8(2)12(18)16-14/h7-8H,3-6,13-14H2,1-2H3,(H,15,17)(H,16,18). The SMILES string of the molecule is CC(OC1=C(OC(C)C(=O)NN)CCCC1)C(=O)NN. The van der Waals surface area contributed by atoms with Gasteiger partial charge in [0.15, 0.2) is 12.2 Å². The molecule has 1 rings (SSSR count). The Morgan fingerprint density at radius 3 is 1.60 bits per heavy atom. The average molecular weight is 286 g/mol. The van der Waals surface area contributed by atoms with Crippen molar-refractivity contribution >= 4 is 11.8 Å². The summed E-state index contributed by atoms with van der Waals surface area (Å²) < 4.78 is 11.1. The van der Waals surface area contributed by atoms with Crippen molar-refractivity contribution in [2.24, 2.45) is 11.7 Å². The number of hydrogen-bond acceptors (Lipinski definition) is 6. The summed E-state index contributed by atoms with van der Waals surface area (Å²) in [6.45, 7) is 3.19. The maximum Gasteiger partial charge on any atom is 0.274 e. The topological polar surface area (TPSA) is 129 Å². The van der Waals surface area contributed by atoms with Crippen molar-refractivity contribution in [3.63, 3.8) is 0 Å². The predicted molar refractivity (Wildman–Crippen MR) is 71.2 cm³/mol. The van der Waals surface area contributed by atoms with Crippen LogP contribution < -0.4 is 22.5 Å². The van der Waals surface area contributed by atoms with Crippen LogP contribution in [0.15, 0.2) is 11.5 Å². The lowest BCUT2D eigenvalue weighted by Crippen LogP contribution is -2.40. The summed E-state index contributed by atoms with van der Waals surface area (Å²) in [6.07, 6.45) is 1.77. The van der Waals surface area contributed by atoms with Crippen LogP contribution in [0.1, 0.15) is 39.5 Å². The quantitative estimate of drug-likeness (QED) is 0.298. The van der Waals surface area contributed by atoms with Gasteiger partial charge in [-0.3, -0.25) is 20.4 Å². The first-order valence-electron chi connectivity index (χ1n) is 6.55. The molecule has 1 aliphatic carbocycles. The molecule has 0 saturated carbocycles. The van der Waals surface area contributed by atoms with Crippen LogP contribution in [0.3, 0.4) is 0 Å². The Morgan fingerprint density at radius 2 is 1.30 bits per heavy atom. The van der Waals surface area contributed by atoms with E-state index in [0.717, 1.165) is 12.8 Å². The smallest absolute Gasteiger partial charge is 0.274 e. The lowest BCUT2D eigenvalue weighted by molar-refractivity contribution is -0.132. The minimum absolute atomic E-state index is 0.421. The van der Waals surface area contributed by atoms with Gasteiger partial charge in [0.25, 0.3) is 11.8 Å². The molecule has 0 fully saturated rings. The second-order valence-electron chi connectivity index (χ2n) is 4.59. The first-order chi connectivity index (χ1) is 9.49. The summed E-state index contributed by atoms with van der Waals surface area (Å²) >= 11 is 0. The molecule has 114 valence electrons. The highest BCUT2D eigenvalue weighted by molar-refractivity contribution is 5.80. The number of nitrogens with two attached hydrogens (primary N) is 2. The highest BCUT2D eigenvalue weighted by Crippen LogP contribution is 2.28. The molecule has 8 heteroatoms. The fourth-order valence-electron chi connectivity index (χ4n) is 1.87. The number of hydrazine groups is 2. The van der Waals surface area contributed by atoms with Crippen molar-refractivity contribution in [1.82, 2.24) is 10.9 Å². The molecule has 0 aromatic carbocycles. The van der Waals surface area contributed by atoms with Gasteiger partial charge < -0.3 is 9.47 Å². The number of hydrogen-bond donors (Lipinski definition) is 4. The van der Waals surface area contributed by atoms with Gasteiger partial charge in [0, 0.05) is 12.8 Å². The number of allylic oxidation sites excluding steroid dienone is 2. The summed E-state index contributed by atoms with van der Waals surface area (Å²) in [6, 6.07) is 0. The second-order valence-corrected chi connectivity index (χ2v) is 4.59. The van der Waals surface area contributed by atoms with Crippen LogP contribution >= 0.6 is 0 Å². The molecule has 0 radical (unpaired) electrons. The maximum atomic E-state index is 11.4. The number of ether oxygens (including phenoxy) is 2. The summed E-state index contributed by atoms with van der Waals surface area (Å²) in [7, 11) is 0. The van der Waals surface area contributed by atoms with E-state index in [1.807, 2.05) is 10.9 Å². The van der Waals surface area contributed by atoms with E-state index in [4.69, 9.17) is 21.2 Å². The maximum absolute atomic E-state index is 11.4. The Kier molecular flexibility index (Phi) is 6.26. The van der Waals surface area contributed by atoms with Crippen LogP contribution in [0.5, 0.6) is 0 Å². The van der Waals surface area contributed by atoms with Crippen LogP contribution in [0.2, 0.25) is 0 Å². The van der Waals surface area contributed by atoms with E-state index < -0.39 is 24.0 Å². The minimum atomic E-state index is -0.717. The number of nitrogens with one attached hydrogen (secondary N) is 2. The second kappa shape index (κ2) is 7.71. The molecule has 2 unspecified atom stereocenters. The molecule has 0 aromatic heterocycles. The van der Waals surface area contributed by atoms with Crippen LogP contribution in [0.4, 0.5) is 0 Å². The largest absolute Gasteiger partial charge is 0.482 e. The number of carbonyl (C=O) groups excluding carboxylic acids is 2. The molecule has 20 heavy (non-hydrogen) atoms. The molecule has 6 N–H and O–H groups in total. The third-order valence-corrected chi connectivity index (χ3v) is 3.03. The number of rotatable bonds is 6. The van der Waals surface area contributed by atoms with E-state index >= 15 is 0 Å². The van der Waals surface area contributed by atoms with Gasteiger partial charge in [-0.25, -0.2) is 11.7 Å². The van der Waals surface area contributed by atoms with Gasteiger partial charge in [-0.15, -0.1) is 0 Å². The summed E-state index contributed by atoms with van der Waals surface area (Å²) in [5.41, 5.74) is 4.06. The van der Waals surface area contributed by atoms with E-state index in [9.17, 15) is 9.59 Å². The molecule has 2 atom stereocenters. The van der Waals surface area contributed by atoms with Gasteiger partial charge in [0.05, 0.1) is 0 Å². The van der Waals surface area contributed by atoms with Crippen LogP contribution in [-0.2, 0) is 19.1 Å². The highest BCUT2D eigenvalue weighted by atomic mass is 16.5. The highest BCUT2D eigenvalue weighted by Gasteiger charge is 2.23. The molecule has 1 aliphatic rings. The molecule has 0 aromatic rings. The molecule has 8 nitrogen and oxygen atoms in total. The van der Waals surface area contributed by atoms with E-state index in [-0.39, 0.29) is 0 Å². The zero-order chi connectivity index (χ0) is 15.1. The van der Waals surface area contributed by atoms with Crippen molar-refractivity contribution < 1.29 is 19.1 Å². The normalized spacial score (nSPS) is 18.0. The van der Waals surface area contributed by atoms with Gasteiger partial charge in [-0.2, -0.15) is 0 Å². The van der Waals surface area contributed by atoms with E-state index in [1.165, 1.54) is 0 Å². The average Bonchev–Trinajstić information content (AvgIpc) is 2.47. The monoisotopic (exact) mass is 286 g/mol. The van der Waals surface area contributed by atoms with Crippen molar-refractivity contribution in [2.75, 3.05) is 0 Å². The Bertz CT molecular complexity index is 361.